The standard InChI is InChI=1S/C23H28N4O/c24-17-19-7-8-21(20-5-3-11-25-23(19)20)27-15-9-18(10-16-27)22(28)6-4-14-26-12-1-2-13-26/h3,5,7-8,11,18H,1-2,4,6,9-10,12-16H2. The fourth-order valence-electron chi connectivity index (χ4n) is 4.65. The first-order chi connectivity index (χ1) is 13.8. The summed E-state index contributed by atoms with van der Waals surface area (Å²) in [7, 11) is 0. The van der Waals surface area contributed by atoms with Crippen LogP contribution in [-0.4, -0.2) is 48.4 Å². The third-order valence-electron chi connectivity index (χ3n) is 6.25. The van der Waals surface area contributed by atoms with Crippen LogP contribution in [0.2, 0.25) is 0 Å². The fraction of sp³-hybridized carbons (Fsp3) is 0.522. The summed E-state index contributed by atoms with van der Waals surface area (Å²) in [6.45, 7) is 5.27. The molecule has 0 radical (unpaired) electrons. The number of ketones is 1. The van der Waals surface area contributed by atoms with Crippen LogP contribution in [0.15, 0.2) is 30.5 Å². The monoisotopic (exact) mass is 376 g/mol. The number of hydrogen-bond donors (Lipinski definition) is 0. The van der Waals surface area contributed by atoms with Crippen molar-refractivity contribution < 1.29 is 4.79 Å². The highest BCUT2D eigenvalue weighted by molar-refractivity contribution is 5.95. The van der Waals surface area contributed by atoms with Crippen LogP contribution in [-0.2, 0) is 4.79 Å². The molecule has 1 aromatic carbocycles. The van der Waals surface area contributed by atoms with Crippen molar-refractivity contribution in [2.45, 2.75) is 38.5 Å². The van der Waals surface area contributed by atoms with Gasteiger partial charge in [-0.1, -0.05) is 0 Å². The lowest BCUT2D eigenvalue weighted by Gasteiger charge is -2.33. The molecule has 0 spiro atoms. The zero-order valence-electron chi connectivity index (χ0n) is 16.4. The number of benzene rings is 1. The largest absolute Gasteiger partial charge is 0.371 e. The van der Waals surface area contributed by atoms with Crippen molar-refractivity contribution >= 4 is 22.4 Å². The number of nitrogens with zero attached hydrogens (tertiary/aromatic N) is 4. The van der Waals surface area contributed by atoms with Crippen LogP contribution in [0.3, 0.4) is 0 Å². The molecule has 2 aromatic rings. The van der Waals surface area contributed by atoms with Crippen LogP contribution < -0.4 is 4.90 Å². The van der Waals surface area contributed by atoms with Crippen molar-refractivity contribution in [2.75, 3.05) is 37.6 Å². The number of carbonyl (C=O) groups is 1. The number of piperidine rings is 1. The van der Waals surface area contributed by atoms with Gasteiger partial charge in [0.05, 0.1) is 11.1 Å². The molecule has 2 aliphatic rings. The van der Waals surface area contributed by atoms with Gasteiger partial charge >= 0.3 is 0 Å². The van der Waals surface area contributed by atoms with Gasteiger partial charge in [-0.15, -0.1) is 0 Å². The van der Waals surface area contributed by atoms with E-state index in [2.05, 4.69) is 20.9 Å². The van der Waals surface area contributed by atoms with Crippen molar-refractivity contribution in [2.24, 2.45) is 5.92 Å². The van der Waals surface area contributed by atoms with Gasteiger partial charge in [-0.3, -0.25) is 9.78 Å². The second-order valence-corrected chi connectivity index (χ2v) is 8.02. The molecule has 0 bridgehead atoms. The number of carbonyl (C=O) groups excluding carboxylic acids is 1. The summed E-state index contributed by atoms with van der Waals surface area (Å²) in [6, 6.07) is 10.1. The van der Waals surface area contributed by atoms with Gasteiger partial charge in [0.15, 0.2) is 0 Å². The molecule has 28 heavy (non-hydrogen) atoms. The molecular weight excluding hydrogens is 348 g/mol. The van der Waals surface area contributed by atoms with Crippen LogP contribution in [0.5, 0.6) is 0 Å². The Hall–Kier alpha value is -2.45. The van der Waals surface area contributed by atoms with Gasteiger partial charge in [-0.05, 0) is 76.0 Å². The highest BCUT2D eigenvalue weighted by Gasteiger charge is 2.26. The molecule has 3 heterocycles. The summed E-state index contributed by atoms with van der Waals surface area (Å²) in [4.78, 5) is 21.9. The van der Waals surface area contributed by atoms with Crippen molar-refractivity contribution in [1.29, 1.82) is 5.26 Å². The molecule has 2 fully saturated rings. The fourth-order valence-corrected chi connectivity index (χ4v) is 4.65. The SMILES string of the molecule is N#Cc1ccc(N2CCC(C(=O)CCCN3CCCC3)CC2)c2cccnc12. The molecule has 5 heteroatoms. The average molecular weight is 377 g/mol. The maximum atomic E-state index is 12.6. The number of hydrogen-bond acceptors (Lipinski definition) is 5. The van der Waals surface area contributed by atoms with E-state index in [9.17, 15) is 10.1 Å². The predicted octanol–water partition coefficient (Wildman–Crippen LogP) is 3.77. The quantitative estimate of drug-likeness (QED) is 0.768. The molecule has 0 amide bonds. The van der Waals surface area contributed by atoms with E-state index in [-0.39, 0.29) is 5.92 Å². The van der Waals surface area contributed by atoms with Crippen molar-refractivity contribution in [3.8, 4) is 6.07 Å². The minimum atomic E-state index is 0.206. The maximum Gasteiger partial charge on any atom is 0.136 e. The van der Waals surface area contributed by atoms with Crippen LogP contribution in [0.1, 0.15) is 44.1 Å². The van der Waals surface area contributed by atoms with Crippen LogP contribution >= 0.6 is 0 Å². The molecule has 0 N–H and O–H groups in total. The van der Waals surface area contributed by atoms with Crippen molar-refractivity contribution in [3.05, 3.63) is 36.0 Å². The lowest BCUT2D eigenvalue weighted by atomic mass is 9.89. The zero-order chi connectivity index (χ0) is 19.3. The number of nitriles is 1. The molecule has 146 valence electrons. The van der Waals surface area contributed by atoms with Crippen LogP contribution in [0, 0.1) is 17.2 Å². The van der Waals surface area contributed by atoms with Gasteiger partial charge in [0.1, 0.15) is 11.9 Å². The topological polar surface area (TPSA) is 60.2 Å². The first-order valence-electron chi connectivity index (χ1n) is 10.5. The molecule has 0 atom stereocenters. The summed E-state index contributed by atoms with van der Waals surface area (Å²) in [5, 5.41) is 10.4. The van der Waals surface area contributed by atoms with Crippen molar-refractivity contribution in [3.63, 3.8) is 0 Å². The third kappa shape index (κ3) is 4.02. The van der Waals surface area contributed by atoms with E-state index in [1.807, 2.05) is 24.3 Å². The average Bonchev–Trinajstić information content (AvgIpc) is 3.26. The summed E-state index contributed by atoms with van der Waals surface area (Å²) in [5.41, 5.74) is 2.51. The summed E-state index contributed by atoms with van der Waals surface area (Å²) in [6.07, 6.45) is 7.93. The Bertz CT molecular complexity index is 874. The van der Waals surface area contributed by atoms with Gasteiger partial charge in [0, 0.05) is 42.7 Å². The second kappa shape index (κ2) is 8.70. The molecule has 2 aliphatic heterocycles. The molecule has 2 saturated heterocycles. The number of aromatic nitrogens is 1. The minimum Gasteiger partial charge on any atom is -0.371 e. The van der Waals surface area contributed by atoms with Gasteiger partial charge in [0.2, 0.25) is 0 Å². The highest BCUT2D eigenvalue weighted by atomic mass is 16.1. The minimum absolute atomic E-state index is 0.206. The van der Waals surface area contributed by atoms with Gasteiger partial charge < -0.3 is 9.80 Å². The first kappa shape index (κ1) is 18.9. The van der Waals surface area contributed by atoms with Gasteiger partial charge in [-0.25, -0.2) is 0 Å². The van der Waals surface area contributed by atoms with Gasteiger partial charge in [0.25, 0.3) is 0 Å². The summed E-state index contributed by atoms with van der Waals surface area (Å²) in [5.74, 6) is 0.655. The number of Topliss-reactive ketones (excluding diaryl/α,β-unsaturated/α-hetero) is 1. The number of likely N-dealkylation sites (tertiary alicyclic amines) is 1. The number of fused-ring (bicyclic) bond motifs is 1. The Balaban J connectivity index is 1.35. The lowest BCUT2D eigenvalue weighted by Crippen LogP contribution is -2.36. The van der Waals surface area contributed by atoms with E-state index in [4.69, 9.17) is 0 Å². The Kier molecular flexibility index (Phi) is 5.87. The number of pyridine rings is 1. The summed E-state index contributed by atoms with van der Waals surface area (Å²) < 4.78 is 0. The highest BCUT2D eigenvalue weighted by Crippen LogP contribution is 2.31. The summed E-state index contributed by atoms with van der Waals surface area (Å²) >= 11 is 0. The van der Waals surface area contributed by atoms with E-state index in [0.717, 1.165) is 61.9 Å². The smallest absolute Gasteiger partial charge is 0.136 e. The molecule has 0 saturated carbocycles. The molecule has 1 aromatic heterocycles. The molecule has 0 aliphatic carbocycles. The zero-order valence-corrected chi connectivity index (χ0v) is 16.4. The normalized spacial score (nSPS) is 18.5. The van der Waals surface area contributed by atoms with Crippen LogP contribution in [0.25, 0.3) is 10.9 Å². The Morgan fingerprint density at radius 3 is 2.68 bits per heavy atom. The maximum absolute atomic E-state index is 12.6. The lowest BCUT2D eigenvalue weighted by molar-refractivity contribution is -0.123. The molecule has 0 unspecified atom stereocenters. The molecule has 4 rings (SSSR count). The van der Waals surface area contributed by atoms with E-state index in [0.29, 0.717) is 11.3 Å². The van der Waals surface area contributed by atoms with E-state index in [1.54, 1.807) is 6.20 Å². The van der Waals surface area contributed by atoms with E-state index < -0.39 is 0 Å². The second-order valence-electron chi connectivity index (χ2n) is 8.02. The van der Waals surface area contributed by atoms with Crippen molar-refractivity contribution in [1.82, 2.24) is 9.88 Å². The number of rotatable bonds is 6. The molecular formula is C23H28N4O. The Morgan fingerprint density at radius 2 is 1.93 bits per heavy atom. The van der Waals surface area contributed by atoms with Gasteiger partial charge in [-0.2, -0.15) is 5.26 Å². The Morgan fingerprint density at radius 1 is 1.14 bits per heavy atom. The van der Waals surface area contributed by atoms with E-state index >= 15 is 0 Å². The first-order valence-corrected chi connectivity index (χ1v) is 10.5. The van der Waals surface area contributed by atoms with E-state index in [1.165, 1.54) is 25.9 Å². The third-order valence-corrected chi connectivity index (χ3v) is 6.25. The predicted molar refractivity (Wildman–Crippen MR) is 111 cm³/mol. The Labute approximate surface area is 167 Å². The number of anilines is 1. The van der Waals surface area contributed by atoms with Crippen LogP contribution in [0.4, 0.5) is 5.69 Å². The molecule has 5 nitrogen and oxygen atoms in total.